The number of benzene rings is 2. The number of rotatable bonds is 1. The van der Waals surface area contributed by atoms with Gasteiger partial charge in [0.05, 0.1) is 0 Å². The largest absolute Gasteiger partial charge is 0.399 e. The molecule has 18 heavy (non-hydrogen) atoms. The molecule has 1 aliphatic heterocycles. The summed E-state index contributed by atoms with van der Waals surface area (Å²) in [4.78, 5) is 2.50. The van der Waals surface area contributed by atoms with Crippen LogP contribution in [0, 0.1) is 5.92 Å². The molecule has 0 saturated carbocycles. The number of piperidine rings is 1. The van der Waals surface area contributed by atoms with Gasteiger partial charge in [-0.25, -0.2) is 0 Å². The van der Waals surface area contributed by atoms with E-state index in [0.717, 1.165) is 24.7 Å². The van der Waals surface area contributed by atoms with E-state index >= 15 is 0 Å². The highest BCUT2D eigenvalue weighted by atomic mass is 15.1. The van der Waals surface area contributed by atoms with Gasteiger partial charge in [0.1, 0.15) is 0 Å². The van der Waals surface area contributed by atoms with Crippen molar-refractivity contribution in [2.75, 3.05) is 23.7 Å². The fourth-order valence-electron chi connectivity index (χ4n) is 2.80. The predicted molar refractivity (Wildman–Crippen MR) is 79.0 cm³/mol. The van der Waals surface area contributed by atoms with Crippen molar-refractivity contribution in [3.63, 3.8) is 0 Å². The molecule has 3 rings (SSSR count). The monoisotopic (exact) mass is 240 g/mol. The minimum Gasteiger partial charge on any atom is -0.399 e. The van der Waals surface area contributed by atoms with Crippen LogP contribution in [0.2, 0.25) is 0 Å². The zero-order chi connectivity index (χ0) is 12.5. The van der Waals surface area contributed by atoms with Gasteiger partial charge in [-0.3, -0.25) is 0 Å². The standard InChI is InChI=1S/C16H20N2/c1-12-7-9-18(10-8-12)16-4-2-3-13-5-6-14(17)11-15(13)16/h2-6,11-12H,7-10,17H2,1H3. The summed E-state index contributed by atoms with van der Waals surface area (Å²) in [6.45, 7) is 4.67. The van der Waals surface area contributed by atoms with Gasteiger partial charge in [0.25, 0.3) is 0 Å². The summed E-state index contributed by atoms with van der Waals surface area (Å²) in [6.07, 6.45) is 2.58. The van der Waals surface area contributed by atoms with E-state index in [2.05, 4.69) is 42.2 Å². The maximum Gasteiger partial charge on any atom is 0.0446 e. The normalized spacial score (nSPS) is 17.3. The first kappa shape index (κ1) is 11.4. The van der Waals surface area contributed by atoms with Crippen LogP contribution >= 0.6 is 0 Å². The number of nitrogen functional groups attached to an aromatic ring is 1. The number of nitrogens with two attached hydrogens (primary N) is 1. The summed E-state index contributed by atoms with van der Waals surface area (Å²) in [5.74, 6) is 0.862. The summed E-state index contributed by atoms with van der Waals surface area (Å²) >= 11 is 0. The molecule has 2 nitrogen and oxygen atoms in total. The lowest BCUT2D eigenvalue weighted by molar-refractivity contribution is 0.439. The van der Waals surface area contributed by atoms with Crippen LogP contribution in [0.3, 0.4) is 0 Å². The fourth-order valence-corrected chi connectivity index (χ4v) is 2.80. The SMILES string of the molecule is CC1CCN(c2cccc3ccc(N)cc23)CC1. The molecule has 1 aliphatic rings. The van der Waals surface area contributed by atoms with Crippen LogP contribution < -0.4 is 10.6 Å². The second-order valence-electron chi connectivity index (χ2n) is 5.43. The highest BCUT2D eigenvalue weighted by molar-refractivity contribution is 5.96. The molecule has 0 spiro atoms. The van der Waals surface area contributed by atoms with Gasteiger partial charge < -0.3 is 10.6 Å². The molecule has 2 aromatic carbocycles. The molecule has 0 radical (unpaired) electrons. The minimum atomic E-state index is 0.848. The fraction of sp³-hybridized carbons (Fsp3) is 0.375. The van der Waals surface area contributed by atoms with Crippen molar-refractivity contribution >= 4 is 22.1 Å². The summed E-state index contributed by atoms with van der Waals surface area (Å²) < 4.78 is 0. The first-order valence-electron chi connectivity index (χ1n) is 6.77. The molecular formula is C16H20N2. The van der Waals surface area contributed by atoms with E-state index in [4.69, 9.17) is 5.73 Å². The van der Waals surface area contributed by atoms with E-state index in [1.807, 2.05) is 6.07 Å². The van der Waals surface area contributed by atoms with E-state index in [0.29, 0.717) is 0 Å². The Morgan fingerprint density at radius 1 is 1.11 bits per heavy atom. The quantitative estimate of drug-likeness (QED) is 0.771. The van der Waals surface area contributed by atoms with Gasteiger partial charge in [-0.05, 0) is 42.3 Å². The second-order valence-corrected chi connectivity index (χ2v) is 5.43. The van der Waals surface area contributed by atoms with Gasteiger partial charge >= 0.3 is 0 Å². The summed E-state index contributed by atoms with van der Waals surface area (Å²) in [5, 5.41) is 2.56. The van der Waals surface area contributed by atoms with Gasteiger partial charge in [0.15, 0.2) is 0 Å². The topological polar surface area (TPSA) is 29.3 Å². The number of hydrogen-bond acceptors (Lipinski definition) is 2. The summed E-state index contributed by atoms with van der Waals surface area (Å²) in [7, 11) is 0. The Morgan fingerprint density at radius 2 is 1.89 bits per heavy atom. The Labute approximate surface area is 108 Å². The van der Waals surface area contributed by atoms with Crippen molar-refractivity contribution in [1.82, 2.24) is 0 Å². The predicted octanol–water partition coefficient (Wildman–Crippen LogP) is 3.66. The maximum absolute atomic E-state index is 5.93. The second kappa shape index (κ2) is 4.52. The van der Waals surface area contributed by atoms with E-state index in [1.165, 1.54) is 29.3 Å². The third kappa shape index (κ3) is 2.03. The molecule has 1 saturated heterocycles. The van der Waals surface area contributed by atoms with Crippen molar-refractivity contribution in [1.29, 1.82) is 0 Å². The van der Waals surface area contributed by atoms with Gasteiger partial charge in [-0.1, -0.05) is 25.1 Å². The molecule has 1 heterocycles. The Kier molecular flexibility index (Phi) is 2.86. The average molecular weight is 240 g/mol. The van der Waals surface area contributed by atoms with Crippen LogP contribution in [0.15, 0.2) is 36.4 Å². The van der Waals surface area contributed by atoms with E-state index in [9.17, 15) is 0 Å². The Morgan fingerprint density at radius 3 is 2.67 bits per heavy atom. The van der Waals surface area contributed by atoms with Gasteiger partial charge in [-0.15, -0.1) is 0 Å². The van der Waals surface area contributed by atoms with Gasteiger partial charge in [0, 0.05) is 29.9 Å². The molecule has 94 valence electrons. The molecule has 0 aromatic heterocycles. The van der Waals surface area contributed by atoms with Crippen molar-refractivity contribution in [3.8, 4) is 0 Å². The van der Waals surface area contributed by atoms with Crippen LogP contribution in [0.1, 0.15) is 19.8 Å². The van der Waals surface area contributed by atoms with Crippen LogP contribution in [-0.2, 0) is 0 Å². The van der Waals surface area contributed by atoms with Crippen LogP contribution in [0.5, 0.6) is 0 Å². The Bertz CT molecular complexity index is 554. The molecule has 0 amide bonds. The zero-order valence-corrected chi connectivity index (χ0v) is 10.9. The maximum atomic E-state index is 5.93. The molecule has 0 bridgehead atoms. The first-order valence-corrected chi connectivity index (χ1v) is 6.77. The molecule has 2 aromatic rings. The molecule has 0 unspecified atom stereocenters. The van der Waals surface area contributed by atoms with Gasteiger partial charge in [0.2, 0.25) is 0 Å². The van der Waals surface area contributed by atoms with Crippen LogP contribution in [0.4, 0.5) is 11.4 Å². The lowest BCUT2D eigenvalue weighted by atomic mass is 9.97. The lowest BCUT2D eigenvalue weighted by Gasteiger charge is -2.33. The number of anilines is 2. The molecular weight excluding hydrogens is 220 g/mol. The van der Waals surface area contributed by atoms with Gasteiger partial charge in [-0.2, -0.15) is 0 Å². The Balaban J connectivity index is 2.03. The van der Waals surface area contributed by atoms with Crippen molar-refractivity contribution in [3.05, 3.63) is 36.4 Å². The van der Waals surface area contributed by atoms with Crippen LogP contribution in [-0.4, -0.2) is 13.1 Å². The molecule has 0 aliphatic carbocycles. The first-order chi connectivity index (χ1) is 8.74. The van der Waals surface area contributed by atoms with E-state index in [-0.39, 0.29) is 0 Å². The number of nitrogens with zero attached hydrogens (tertiary/aromatic N) is 1. The third-order valence-corrected chi connectivity index (χ3v) is 4.01. The zero-order valence-electron chi connectivity index (χ0n) is 10.9. The van der Waals surface area contributed by atoms with E-state index < -0.39 is 0 Å². The highest BCUT2D eigenvalue weighted by Crippen LogP contribution is 2.31. The lowest BCUT2D eigenvalue weighted by Crippen LogP contribution is -2.32. The van der Waals surface area contributed by atoms with E-state index in [1.54, 1.807) is 0 Å². The molecule has 0 atom stereocenters. The highest BCUT2D eigenvalue weighted by Gasteiger charge is 2.17. The summed E-state index contributed by atoms with van der Waals surface area (Å²) in [6, 6.07) is 12.7. The molecule has 2 N–H and O–H groups in total. The van der Waals surface area contributed by atoms with Crippen molar-refractivity contribution in [2.24, 2.45) is 5.92 Å². The summed E-state index contributed by atoms with van der Waals surface area (Å²) in [5.41, 5.74) is 8.11. The molecule has 1 fully saturated rings. The average Bonchev–Trinajstić information content (AvgIpc) is 2.39. The van der Waals surface area contributed by atoms with Crippen molar-refractivity contribution < 1.29 is 0 Å². The number of fused-ring (bicyclic) bond motifs is 1. The Hall–Kier alpha value is -1.70. The minimum absolute atomic E-state index is 0.848. The van der Waals surface area contributed by atoms with Crippen molar-refractivity contribution in [2.45, 2.75) is 19.8 Å². The number of hydrogen-bond donors (Lipinski definition) is 1. The molecule has 2 heteroatoms. The van der Waals surface area contributed by atoms with Crippen LogP contribution in [0.25, 0.3) is 10.8 Å². The smallest absolute Gasteiger partial charge is 0.0446 e. The third-order valence-electron chi connectivity index (χ3n) is 4.01.